The van der Waals surface area contributed by atoms with E-state index < -0.39 is 11.1 Å². The van der Waals surface area contributed by atoms with E-state index in [1.54, 1.807) is 24.3 Å². The van der Waals surface area contributed by atoms with E-state index >= 15 is 0 Å². The molecule has 72 valence electrons. The van der Waals surface area contributed by atoms with E-state index in [4.69, 9.17) is 11.6 Å². The summed E-state index contributed by atoms with van der Waals surface area (Å²) in [7, 11) is 1.32. The second-order valence-electron chi connectivity index (χ2n) is 2.82. The minimum absolute atomic E-state index is 0.398. The maximum Gasteiger partial charge on any atom is 0.338 e. The maximum atomic E-state index is 11.3. The van der Waals surface area contributed by atoms with E-state index in [1.807, 2.05) is 0 Å². The SMILES string of the molecule is COC(=O)c1ccccc1C1(Cl)N=N1. The van der Waals surface area contributed by atoms with Crippen molar-refractivity contribution in [1.29, 1.82) is 0 Å². The van der Waals surface area contributed by atoms with Gasteiger partial charge in [0.25, 0.3) is 5.12 Å². The first-order valence-corrected chi connectivity index (χ1v) is 4.36. The van der Waals surface area contributed by atoms with Gasteiger partial charge in [0.15, 0.2) is 0 Å². The molecule has 1 heterocycles. The molecule has 0 bridgehead atoms. The van der Waals surface area contributed by atoms with Crippen molar-refractivity contribution in [2.24, 2.45) is 10.2 Å². The molecule has 1 aromatic carbocycles. The smallest absolute Gasteiger partial charge is 0.338 e. The van der Waals surface area contributed by atoms with Crippen LogP contribution in [0.15, 0.2) is 34.5 Å². The minimum atomic E-state index is -1.06. The maximum absolute atomic E-state index is 11.3. The molecule has 0 spiro atoms. The number of methoxy groups -OCH3 is 1. The Hall–Kier alpha value is -1.42. The molecular weight excluding hydrogens is 204 g/mol. The van der Waals surface area contributed by atoms with Gasteiger partial charge in [0.2, 0.25) is 0 Å². The van der Waals surface area contributed by atoms with E-state index in [2.05, 4.69) is 15.0 Å². The van der Waals surface area contributed by atoms with Gasteiger partial charge in [-0.05, 0) is 6.07 Å². The first kappa shape index (κ1) is 9.15. The number of benzene rings is 1. The molecule has 0 fully saturated rings. The van der Waals surface area contributed by atoms with Crippen LogP contribution in [-0.4, -0.2) is 13.1 Å². The number of carbonyl (C=O) groups excluding carboxylic acids is 1. The lowest BCUT2D eigenvalue weighted by Crippen LogP contribution is -2.10. The third-order valence-electron chi connectivity index (χ3n) is 1.95. The third-order valence-corrected chi connectivity index (χ3v) is 2.31. The highest BCUT2D eigenvalue weighted by Gasteiger charge is 2.42. The average molecular weight is 211 g/mol. The zero-order valence-electron chi connectivity index (χ0n) is 7.40. The van der Waals surface area contributed by atoms with E-state index in [0.29, 0.717) is 11.1 Å². The van der Waals surface area contributed by atoms with Crippen LogP contribution in [0.5, 0.6) is 0 Å². The van der Waals surface area contributed by atoms with E-state index in [9.17, 15) is 4.79 Å². The van der Waals surface area contributed by atoms with Gasteiger partial charge >= 0.3 is 5.97 Å². The molecule has 0 aliphatic carbocycles. The lowest BCUT2D eigenvalue weighted by Gasteiger charge is -2.07. The molecule has 0 amide bonds. The molecule has 5 heteroatoms. The molecule has 1 aliphatic heterocycles. The number of nitrogens with zero attached hydrogens (tertiary/aromatic N) is 2. The lowest BCUT2D eigenvalue weighted by molar-refractivity contribution is 0.0599. The van der Waals surface area contributed by atoms with Gasteiger partial charge < -0.3 is 4.74 Å². The molecule has 1 aromatic rings. The van der Waals surface area contributed by atoms with Crippen LogP contribution in [0.4, 0.5) is 0 Å². The fraction of sp³-hybridized carbons (Fsp3) is 0.222. The summed E-state index contributed by atoms with van der Waals surface area (Å²) in [5.41, 5.74) is 0.962. The molecule has 1 aliphatic rings. The average Bonchev–Trinajstić information content (AvgIpc) is 2.97. The van der Waals surface area contributed by atoms with E-state index in [-0.39, 0.29) is 0 Å². The Morgan fingerprint density at radius 2 is 2.07 bits per heavy atom. The summed E-state index contributed by atoms with van der Waals surface area (Å²) >= 11 is 5.93. The second-order valence-corrected chi connectivity index (χ2v) is 3.35. The Balaban J connectivity index is 2.44. The van der Waals surface area contributed by atoms with Gasteiger partial charge in [0.1, 0.15) is 0 Å². The summed E-state index contributed by atoms with van der Waals surface area (Å²) in [6, 6.07) is 6.85. The molecule has 0 unspecified atom stereocenters. The van der Waals surface area contributed by atoms with Crippen LogP contribution in [0.3, 0.4) is 0 Å². The Bertz CT molecular complexity index is 411. The first-order valence-electron chi connectivity index (χ1n) is 3.98. The molecule has 0 radical (unpaired) electrons. The monoisotopic (exact) mass is 210 g/mol. The van der Waals surface area contributed by atoms with Gasteiger partial charge in [0.05, 0.1) is 12.7 Å². The summed E-state index contributed by atoms with van der Waals surface area (Å²) in [5.74, 6) is -0.432. The molecule has 0 saturated heterocycles. The summed E-state index contributed by atoms with van der Waals surface area (Å²) in [5, 5.41) is 6.26. The zero-order valence-corrected chi connectivity index (χ0v) is 8.15. The van der Waals surface area contributed by atoms with Gasteiger partial charge in [-0.1, -0.05) is 29.8 Å². The normalized spacial score (nSPS) is 16.4. The Morgan fingerprint density at radius 3 is 2.64 bits per heavy atom. The highest BCUT2D eigenvalue weighted by Crippen LogP contribution is 2.45. The van der Waals surface area contributed by atoms with Crippen molar-refractivity contribution in [2.45, 2.75) is 5.12 Å². The summed E-state index contributed by atoms with van der Waals surface area (Å²) in [6.45, 7) is 0. The molecule has 0 N–H and O–H groups in total. The molecular formula is C9H7ClN2O2. The Kier molecular flexibility index (Phi) is 2.00. The first-order chi connectivity index (χ1) is 6.67. The van der Waals surface area contributed by atoms with Crippen molar-refractivity contribution in [2.75, 3.05) is 7.11 Å². The van der Waals surface area contributed by atoms with Gasteiger partial charge in [-0.2, -0.15) is 0 Å². The number of hydrogen-bond acceptors (Lipinski definition) is 4. The number of hydrogen-bond donors (Lipinski definition) is 0. The van der Waals surface area contributed by atoms with Crippen LogP contribution in [0, 0.1) is 0 Å². The third kappa shape index (κ3) is 1.37. The van der Waals surface area contributed by atoms with Crippen molar-refractivity contribution in [1.82, 2.24) is 0 Å². The summed E-state index contributed by atoms with van der Waals surface area (Å²) < 4.78 is 4.62. The summed E-state index contributed by atoms with van der Waals surface area (Å²) in [4.78, 5) is 11.3. The number of rotatable bonds is 2. The molecule has 0 saturated carbocycles. The van der Waals surface area contributed by atoms with E-state index in [1.165, 1.54) is 7.11 Å². The largest absolute Gasteiger partial charge is 0.465 e. The number of alkyl halides is 1. The Labute approximate surface area is 85.5 Å². The van der Waals surface area contributed by atoms with Gasteiger partial charge in [0, 0.05) is 5.56 Å². The molecule has 4 nitrogen and oxygen atoms in total. The van der Waals surface area contributed by atoms with Crippen molar-refractivity contribution in [3.05, 3.63) is 35.4 Å². The number of carbonyl (C=O) groups is 1. The topological polar surface area (TPSA) is 51.0 Å². The Morgan fingerprint density at radius 1 is 1.43 bits per heavy atom. The number of halogens is 1. The minimum Gasteiger partial charge on any atom is -0.465 e. The van der Waals surface area contributed by atoms with Crippen LogP contribution in [0.1, 0.15) is 15.9 Å². The quantitative estimate of drug-likeness (QED) is 0.427. The number of esters is 1. The van der Waals surface area contributed by atoms with Gasteiger partial charge in [-0.15, -0.1) is 10.2 Å². The predicted molar refractivity (Wildman–Crippen MR) is 50.2 cm³/mol. The van der Waals surface area contributed by atoms with Crippen LogP contribution >= 0.6 is 11.6 Å². The zero-order chi connectivity index (χ0) is 10.2. The summed E-state index contributed by atoms with van der Waals surface area (Å²) in [6.07, 6.45) is 0. The molecule has 2 rings (SSSR count). The number of ether oxygens (including phenoxy) is 1. The predicted octanol–water partition coefficient (Wildman–Crippen LogP) is 2.29. The highest BCUT2D eigenvalue weighted by atomic mass is 35.5. The van der Waals surface area contributed by atoms with Crippen LogP contribution in [0.2, 0.25) is 0 Å². The van der Waals surface area contributed by atoms with Crippen molar-refractivity contribution < 1.29 is 9.53 Å². The molecule has 14 heavy (non-hydrogen) atoms. The van der Waals surface area contributed by atoms with Crippen LogP contribution < -0.4 is 0 Å². The van der Waals surface area contributed by atoms with E-state index in [0.717, 1.165) is 0 Å². The second kappa shape index (κ2) is 3.06. The lowest BCUT2D eigenvalue weighted by atomic mass is 10.1. The molecule has 0 aromatic heterocycles. The van der Waals surface area contributed by atoms with Crippen LogP contribution in [0.25, 0.3) is 0 Å². The fourth-order valence-electron chi connectivity index (χ4n) is 1.20. The molecule has 0 atom stereocenters. The standard InChI is InChI=1S/C9H7ClN2O2/c1-14-8(13)6-4-2-3-5-7(6)9(10)11-12-9/h2-5H,1H3. The van der Waals surface area contributed by atoms with Crippen molar-refractivity contribution >= 4 is 17.6 Å². The highest BCUT2D eigenvalue weighted by molar-refractivity contribution is 6.25. The van der Waals surface area contributed by atoms with Crippen molar-refractivity contribution in [3.8, 4) is 0 Å². The van der Waals surface area contributed by atoms with Gasteiger partial charge in [-0.3, -0.25) is 0 Å². The van der Waals surface area contributed by atoms with Crippen LogP contribution in [-0.2, 0) is 9.86 Å². The van der Waals surface area contributed by atoms with Crippen molar-refractivity contribution in [3.63, 3.8) is 0 Å². The van der Waals surface area contributed by atoms with Gasteiger partial charge in [-0.25, -0.2) is 4.79 Å². The fourth-order valence-corrected chi connectivity index (χ4v) is 1.40.